The van der Waals surface area contributed by atoms with E-state index >= 15 is 0 Å². The minimum absolute atomic E-state index is 0.698. The molecule has 0 aromatic carbocycles. The second kappa shape index (κ2) is 7.75. The van der Waals surface area contributed by atoms with Crippen LogP contribution in [-0.4, -0.2) is 29.0 Å². The van der Waals surface area contributed by atoms with Crippen LogP contribution in [0.15, 0.2) is 18.3 Å². The van der Waals surface area contributed by atoms with E-state index in [1.165, 1.54) is 37.1 Å². The van der Waals surface area contributed by atoms with E-state index in [2.05, 4.69) is 48.1 Å². The summed E-state index contributed by atoms with van der Waals surface area (Å²) in [5.41, 5.74) is 2.49. The lowest BCUT2D eigenvalue weighted by Gasteiger charge is -2.22. The number of rotatable bonds is 7. The van der Waals surface area contributed by atoms with Gasteiger partial charge in [-0.05, 0) is 49.9 Å². The molecular weight excluding hydrogens is 246 g/mol. The van der Waals surface area contributed by atoms with Crippen LogP contribution in [0.2, 0.25) is 0 Å². The van der Waals surface area contributed by atoms with Gasteiger partial charge in [-0.15, -0.1) is 0 Å². The molecular formula is C17H29N3. The Kier molecular flexibility index (Phi) is 5.99. The van der Waals surface area contributed by atoms with E-state index < -0.39 is 0 Å². The van der Waals surface area contributed by atoms with Gasteiger partial charge in [-0.3, -0.25) is 9.88 Å². The molecule has 0 radical (unpaired) electrons. The number of hydrogen-bond acceptors (Lipinski definition) is 3. The van der Waals surface area contributed by atoms with E-state index in [0.29, 0.717) is 5.92 Å². The molecule has 112 valence electrons. The quantitative estimate of drug-likeness (QED) is 0.828. The Bertz CT molecular complexity index is 386. The third-order valence-corrected chi connectivity index (χ3v) is 4.10. The third kappa shape index (κ3) is 4.57. The van der Waals surface area contributed by atoms with Crippen molar-refractivity contribution in [1.82, 2.24) is 15.2 Å². The van der Waals surface area contributed by atoms with Crippen molar-refractivity contribution in [3.05, 3.63) is 29.6 Å². The standard InChI is InChI=1S/C17H29N3/c1-4-17-6-5-9-20(17)13-16-8-7-15(12-19-16)11-18-10-14(2)3/h7-8,12,14,17-18H,4-6,9-11,13H2,1-3H3. The predicted molar refractivity (Wildman–Crippen MR) is 84.5 cm³/mol. The molecule has 2 heterocycles. The fraction of sp³-hybridized carbons (Fsp3) is 0.706. The first-order chi connectivity index (χ1) is 9.69. The number of likely N-dealkylation sites (tertiary alicyclic amines) is 1. The van der Waals surface area contributed by atoms with Crippen LogP contribution >= 0.6 is 0 Å². The van der Waals surface area contributed by atoms with Crippen LogP contribution < -0.4 is 5.32 Å². The summed E-state index contributed by atoms with van der Waals surface area (Å²) in [5.74, 6) is 0.698. The highest BCUT2D eigenvalue weighted by Gasteiger charge is 2.22. The van der Waals surface area contributed by atoms with Crippen LogP contribution in [0.4, 0.5) is 0 Å². The van der Waals surface area contributed by atoms with E-state index in [4.69, 9.17) is 0 Å². The van der Waals surface area contributed by atoms with Crippen molar-refractivity contribution in [3.8, 4) is 0 Å². The topological polar surface area (TPSA) is 28.2 Å². The Morgan fingerprint density at radius 1 is 1.40 bits per heavy atom. The van der Waals surface area contributed by atoms with Crippen molar-refractivity contribution in [3.63, 3.8) is 0 Å². The van der Waals surface area contributed by atoms with E-state index in [1.807, 2.05) is 6.20 Å². The molecule has 0 spiro atoms. The highest BCUT2D eigenvalue weighted by atomic mass is 15.2. The summed E-state index contributed by atoms with van der Waals surface area (Å²) in [5, 5.41) is 3.46. The first kappa shape index (κ1) is 15.5. The molecule has 1 saturated heterocycles. The monoisotopic (exact) mass is 275 g/mol. The van der Waals surface area contributed by atoms with Gasteiger partial charge in [0, 0.05) is 25.3 Å². The van der Waals surface area contributed by atoms with Gasteiger partial charge >= 0.3 is 0 Å². The molecule has 20 heavy (non-hydrogen) atoms. The van der Waals surface area contributed by atoms with Crippen molar-refractivity contribution in [2.75, 3.05) is 13.1 Å². The molecule has 1 N–H and O–H groups in total. The minimum atomic E-state index is 0.698. The lowest BCUT2D eigenvalue weighted by Crippen LogP contribution is -2.28. The first-order valence-electron chi connectivity index (χ1n) is 8.07. The molecule has 1 aromatic heterocycles. The maximum Gasteiger partial charge on any atom is 0.0544 e. The van der Waals surface area contributed by atoms with Gasteiger partial charge in [0.15, 0.2) is 0 Å². The maximum absolute atomic E-state index is 4.63. The summed E-state index contributed by atoms with van der Waals surface area (Å²) >= 11 is 0. The van der Waals surface area contributed by atoms with Gasteiger partial charge in [0.05, 0.1) is 5.69 Å². The van der Waals surface area contributed by atoms with Gasteiger partial charge in [0.25, 0.3) is 0 Å². The average Bonchev–Trinajstić information content (AvgIpc) is 2.87. The van der Waals surface area contributed by atoms with E-state index in [1.54, 1.807) is 0 Å². The zero-order chi connectivity index (χ0) is 14.4. The number of hydrogen-bond donors (Lipinski definition) is 1. The van der Waals surface area contributed by atoms with Gasteiger partial charge in [-0.1, -0.05) is 26.8 Å². The summed E-state index contributed by atoms with van der Waals surface area (Å²) in [7, 11) is 0. The third-order valence-electron chi connectivity index (χ3n) is 4.10. The molecule has 3 heteroatoms. The molecule has 1 atom stereocenters. The lowest BCUT2D eigenvalue weighted by atomic mass is 10.1. The predicted octanol–water partition coefficient (Wildman–Crippen LogP) is 3.20. The smallest absolute Gasteiger partial charge is 0.0544 e. The van der Waals surface area contributed by atoms with E-state index in [9.17, 15) is 0 Å². The highest BCUT2D eigenvalue weighted by molar-refractivity contribution is 5.14. The first-order valence-corrected chi connectivity index (χ1v) is 8.07. The number of nitrogens with one attached hydrogen (secondary N) is 1. The minimum Gasteiger partial charge on any atom is -0.312 e. The Morgan fingerprint density at radius 3 is 2.90 bits per heavy atom. The van der Waals surface area contributed by atoms with Crippen molar-refractivity contribution in [1.29, 1.82) is 0 Å². The van der Waals surface area contributed by atoms with Crippen LogP contribution in [-0.2, 0) is 13.1 Å². The Hall–Kier alpha value is -0.930. The zero-order valence-corrected chi connectivity index (χ0v) is 13.2. The second-order valence-electron chi connectivity index (χ2n) is 6.36. The molecule has 0 bridgehead atoms. The van der Waals surface area contributed by atoms with Crippen LogP contribution in [0.25, 0.3) is 0 Å². The fourth-order valence-corrected chi connectivity index (χ4v) is 2.93. The molecule has 1 unspecified atom stereocenters. The van der Waals surface area contributed by atoms with E-state index in [0.717, 1.165) is 25.7 Å². The van der Waals surface area contributed by atoms with Gasteiger partial charge in [0.2, 0.25) is 0 Å². The van der Waals surface area contributed by atoms with Crippen molar-refractivity contribution in [2.24, 2.45) is 5.92 Å². The summed E-state index contributed by atoms with van der Waals surface area (Å²) in [6.07, 6.45) is 5.99. The molecule has 1 fully saturated rings. The van der Waals surface area contributed by atoms with Crippen molar-refractivity contribution in [2.45, 2.75) is 59.2 Å². The summed E-state index contributed by atoms with van der Waals surface area (Å²) < 4.78 is 0. The Labute approximate surface area is 123 Å². The van der Waals surface area contributed by atoms with E-state index in [-0.39, 0.29) is 0 Å². The maximum atomic E-state index is 4.63. The molecule has 0 amide bonds. The molecule has 1 aliphatic rings. The molecule has 2 rings (SSSR count). The molecule has 1 aliphatic heterocycles. The summed E-state index contributed by atoms with van der Waals surface area (Å²) in [4.78, 5) is 7.21. The number of nitrogens with zero attached hydrogens (tertiary/aromatic N) is 2. The SMILES string of the molecule is CCC1CCCN1Cc1ccc(CNCC(C)C)cn1. The van der Waals surface area contributed by atoms with Crippen LogP contribution in [0.3, 0.4) is 0 Å². The number of pyridine rings is 1. The van der Waals surface area contributed by atoms with Crippen molar-refractivity contribution >= 4 is 0 Å². The van der Waals surface area contributed by atoms with Gasteiger partial charge in [0.1, 0.15) is 0 Å². The van der Waals surface area contributed by atoms with Gasteiger partial charge < -0.3 is 5.32 Å². The van der Waals surface area contributed by atoms with Crippen LogP contribution in [0, 0.1) is 5.92 Å². The summed E-state index contributed by atoms with van der Waals surface area (Å²) in [6.45, 7) is 11.0. The van der Waals surface area contributed by atoms with Crippen molar-refractivity contribution < 1.29 is 0 Å². The van der Waals surface area contributed by atoms with Crippen LogP contribution in [0.5, 0.6) is 0 Å². The zero-order valence-electron chi connectivity index (χ0n) is 13.2. The Balaban J connectivity index is 1.82. The molecule has 0 aliphatic carbocycles. The Morgan fingerprint density at radius 2 is 2.25 bits per heavy atom. The molecule has 3 nitrogen and oxygen atoms in total. The van der Waals surface area contributed by atoms with Gasteiger partial charge in [-0.25, -0.2) is 0 Å². The molecule has 0 saturated carbocycles. The average molecular weight is 275 g/mol. The lowest BCUT2D eigenvalue weighted by molar-refractivity contribution is 0.237. The van der Waals surface area contributed by atoms with Crippen LogP contribution in [0.1, 0.15) is 51.3 Å². The molecule has 1 aromatic rings. The largest absolute Gasteiger partial charge is 0.312 e. The number of aromatic nitrogens is 1. The second-order valence-corrected chi connectivity index (χ2v) is 6.36. The summed E-state index contributed by atoms with van der Waals surface area (Å²) in [6, 6.07) is 5.17. The fourth-order valence-electron chi connectivity index (χ4n) is 2.93. The highest BCUT2D eigenvalue weighted by Crippen LogP contribution is 2.21. The normalized spacial score (nSPS) is 19.9. The van der Waals surface area contributed by atoms with Gasteiger partial charge in [-0.2, -0.15) is 0 Å².